The molecule has 1 amide bonds. The van der Waals surface area contributed by atoms with Crippen LogP contribution in [0.4, 0.5) is 0 Å². The van der Waals surface area contributed by atoms with Crippen LogP contribution in [0.25, 0.3) is 11.4 Å². The summed E-state index contributed by atoms with van der Waals surface area (Å²) in [5.74, 6) is 1.18. The molecule has 0 unspecified atom stereocenters. The highest BCUT2D eigenvalue weighted by Crippen LogP contribution is 2.47. The van der Waals surface area contributed by atoms with Crippen molar-refractivity contribution in [2.75, 3.05) is 12.3 Å². The molecule has 1 aliphatic carbocycles. The summed E-state index contributed by atoms with van der Waals surface area (Å²) in [6.45, 7) is 0.699. The van der Waals surface area contributed by atoms with Crippen molar-refractivity contribution in [2.45, 2.75) is 23.4 Å². The topological polar surface area (TPSA) is 59.8 Å². The highest BCUT2D eigenvalue weighted by Gasteiger charge is 2.44. The van der Waals surface area contributed by atoms with Gasteiger partial charge in [-0.25, -0.2) is 0 Å². The molecule has 0 aliphatic heterocycles. The van der Waals surface area contributed by atoms with Gasteiger partial charge in [-0.05, 0) is 18.4 Å². The second kappa shape index (κ2) is 7.56. The molecule has 0 spiro atoms. The fourth-order valence-electron chi connectivity index (χ4n) is 3.24. The summed E-state index contributed by atoms with van der Waals surface area (Å²) in [7, 11) is 1.93. The molecule has 3 aromatic rings. The average Bonchev–Trinajstić information content (AvgIpc) is 3.43. The fourth-order valence-corrected chi connectivity index (χ4v) is 3.98. The Balaban J connectivity index is 1.32. The van der Waals surface area contributed by atoms with E-state index in [4.69, 9.17) is 0 Å². The molecule has 1 N–H and O–H groups in total. The number of carbonyl (C=O) groups is 1. The van der Waals surface area contributed by atoms with Gasteiger partial charge in [-0.15, -0.1) is 10.2 Å². The predicted octanol–water partition coefficient (Wildman–Crippen LogP) is 3.42. The molecular weight excluding hydrogens is 356 g/mol. The van der Waals surface area contributed by atoms with Crippen LogP contribution in [0.5, 0.6) is 0 Å². The number of hydrogen-bond acceptors (Lipinski definition) is 4. The van der Waals surface area contributed by atoms with Gasteiger partial charge in [-0.3, -0.25) is 4.79 Å². The van der Waals surface area contributed by atoms with Crippen LogP contribution >= 0.6 is 11.8 Å². The number of thioether (sulfide) groups is 1. The monoisotopic (exact) mass is 378 g/mol. The van der Waals surface area contributed by atoms with E-state index < -0.39 is 0 Å². The Morgan fingerprint density at radius 2 is 1.74 bits per heavy atom. The normalized spacial score (nSPS) is 14.7. The number of hydrogen-bond donors (Lipinski definition) is 1. The van der Waals surface area contributed by atoms with Gasteiger partial charge in [-0.2, -0.15) is 0 Å². The summed E-state index contributed by atoms with van der Waals surface area (Å²) in [5, 5.41) is 12.3. The van der Waals surface area contributed by atoms with E-state index >= 15 is 0 Å². The summed E-state index contributed by atoms with van der Waals surface area (Å²) in [4.78, 5) is 12.3. The zero-order valence-electron chi connectivity index (χ0n) is 15.3. The number of rotatable bonds is 7. The first kappa shape index (κ1) is 17.8. The summed E-state index contributed by atoms with van der Waals surface area (Å²) in [5.41, 5.74) is 2.47. The minimum Gasteiger partial charge on any atom is -0.354 e. The second-order valence-corrected chi connectivity index (χ2v) is 7.89. The second-order valence-electron chi connectivity index (χ2n) is 6.94. The van der Waals surface area contributed by atoms with Gasteiger partial charge in [0.1, 0.15) is 0 Å². The molecule has 5 nitrogen and oxygen atoms in total. The Morgan fingerprint density at radius 3 is 2.41 bits per heavy atom. The maximum Gasteiger partial charge on any atom is 0.230 e. The third kappa shape index (κ3) is 3.90. The number of nitrogens with one attached hydrogen (secondary N) is 1. The van der Waals surface area contributed by atoms with Crippen molar-refractivity contribution < 1.29 is 4.79 Å². The quantitative estimate of drug-likeness (QED) is 0.640. The Labute approximate surface area is 163 Å². The molecular formula is C21H22N4OS. The van der Waals surface area contributed by atoms with Crippen LogP contribution < -0.4 is 5.32 Å². The molecule has 0 atom stereocenters. The predicted molar refractivity (Wildman–Crippen MR) is 108 cm³/mol. The van der Waals surface area contributed by atoms with E-state index in [1.54, 1.807) is 0 Å². The summed E-state index contributed by atoms with van der Waals surface area (Å²) < 4.78 is 1.93. The van der Waals surface area contributed by atoms with Crippen LogP contribution in [0.3, 0.4) is 0 Å². The molecule has 1 aromatic heterocycles. The largest absolute Gasteiger partial charge is 0.354 e. The third-order valence-corrected chi connectivity index (χ3v) is 6.08. The highest BCUT2D eigenvalue weighted by molar-refractivity contribution is 7.99. The lowest BCUT2D eigenvalue weighted by atomic mass is 9.96. The molecule has 1 heterocycles. The van der Waals surface area contributed by atoms with E-state index in [0.29, 0.717) is 12.3 Å². The summed E-state index contributed by atoms with van der Waals surface area (Å²) >= 11 is 1.41. The minimum atomic E-state index is 0.0338. The Morgan fingerprint density at radius 1 is 1.07 bits per heavy atom. The maximum absolute atomic E-state index is 12.3. The van der Waals surface area contributed by atoms with Crippen LogP contribution in [0.1, 0.15) is 18.4 Å². The van der Waals surface area contributed by atoms with E-state index in [1.165, 1.54) is 17.3 Å². The van der Waals surface area contributed by atoms with Gasteiger partial charge in [0.25, 0.3) is 0 Å². The fraction of sp³-hybridized carbons (Fsp3) is 0.286. The first-order chi connectivity index (χ1) is 13.2. The van der Waals surface area contributed by atoms with E-state index in [0.717, 1.165) is 29.4 Å². The zero-order valence-corrected chi connectivity index (χ0v) is 16.1. The molecule has 1 aliphatic rings. The van der Waals surface area contributed by atoms with E-state index in [-0.39, 0.29) is 11.3 Å². The minimum absolute atomic E-state index is 0.0338. The average molecular weight is 379 g/mol. The van der Waals surface area contributed by atoms with E-state index in [9.17, 15) is 4.79 Å². The van der Waals surface area contributed by atoms with Gasteiger partial charge >= 0.3 is 0 Å². The molecule has 138 valence electrons. The van der Waals surface area contributed by atoms with Gasteiger partial charge in [0.15, 0.2) is 11.0 Å². The molecule has 6 heteroatoms. The number of amides is 1. The van der Waals surface area contributed by atoms with Crippen molar-refractivity contribution in [3.05, 3.63) is 66.2 Å². The lowest BCUT2D eigenvalue weighted by Gasteiger charge is -2.16. The zero-order chi connectivity index (χ0) is 18.7. The van der Waals surface area contributed by atoms with E-state index in [1.807, 2.05) is 48.0 Å². The van der Waals surface area contributed by atoms with Crippen molar-refractivity contribution in [1.82, 2.24) is 20.1 Å². The van der Waals surface area contributed by atoms with Gasteiger partial charge in [0.2, 0.25) is 5.91 Å². The number of aromatic nitrogens is 3. The standard InChI is InChI=1S/C21H22N4OS/c1-25-19(16-8-4-2-5-9-16)23-24-20(25)27-14-18(26)22-15-21(12-13-21)17-10-6-3-7-11-17/h2-11H,12-15H2,1H3,(H,22,26). The van der Waals surface area contributed by atoms with Crippen LogP contribution in [-0.4, -0.2) is 33.0 Å². The number of nitrogens with zero attached hydrogens (tertiary/aromatic N) is 3. The van der Waals surface area contributed by atoms with Crippen molar-refractivity contribution in [1.29, 1.82) is 0 Å². The maximum atomic E-state index is 12.3. The molecule has 1 saturated carbocycles. The number of benzene rings is 2. The Bertz CT molecular complexity index is 920. The van der Waals surface area contributed by atoms with Crippen molar-refractivity contribution >= 4 is 17.7 Å². The molecule has 4 rings (SSSR count). The van der Waals surface area contributed by atoms with Crippen LogP contribution in [0.15, 0.2) is 65.8 Å². The first-order valence-corrected chi connectivity index (χ1v) is 10.1. The number of carbonyl (C=O) groups excluding carboxylic acids is 1. The Hall–Kier alpha value is -2.60. The van der Waals surface area contributed by atoms with Gasteiger partial charge in [0, 0.05) is 24.6 Å². The molecule has 0 saturated heterocycles. The van der Waals surface area contributed by atoms with Crippen LogP contribution in [0.2, 0.25) is 0 Å². The van der Waals surface area contributed by atoms with E-state index in [2.05, 4.69) is 39.8 Å². The molecule has 2 aromatic carbocycles. The van der Waals surface area contributed by atoms with Gasteiger partial charge in [0.05, 0.1) is 5.75 Å². The first-order valence-electron chi connectivity index (χ1n) is 9.08. The van der Waals surface area contributed by atoms with Gasteiger partial charge in [-0.1, -0.05) is 72.4 Å². The lowest BCUT2D eigenvalue weighted by Crippen LogP contribution is -2.33. The summed E-state index contributed by atoms with van der Waals surface area (Å²) in [6, 6.07) is 20.4. The van der Waals surface area contributed by atoms with Crippen molar-refractivity contribution in [3.63, 3.8) is 0 Å². The van der Waals surface area contributed by atoms with Crippen molar-refractivity contribution in [2.24, 2.45) is 7.05 Å². The molecule has 27 heavy (non-hydrogen) atoms. The smallest absolute Gasteiger partial charge is 0.230 e. The Kier molecular flexibility index (Phi) is 4.99. The van der Waals surface area contributed by atoms with Crippen LogP contribution in [-0.2, 0) is 17.3 Å². The molecule has 0 radical (unpaired) electrons. The molecule has 1 fully saturated rings. The SMILES string of the molecule is Cn1c(SCC(=O)NCC2(c3ccccc3)CC2)nnc1-c1ccccc1. The molecule has 0 bridgehead atoms. The van der Waals surface area contributed by atoms with Crippen LogP contribution in [0, 0.1) is 0 Å². The van der Waals surface area contributed by atoms with Crippen molar-refractivity contribution in [3.8, 4) is 11.4 Å². The summed E-state index contributed by atoms with van der Waals surface area (Å²) in [6.07, 6.45) is 2.27. The van der Waals surface area contributed by atoms with Gasteiger partial charge < -0.3 is 9.88 Å². The lowest BCUT2D eigenvalue weighted by molar-refractivity contribution is -0.118. The highest BCUT2D eigenvalue weighted by atomic mass is 32.2. The third-order valence-electron chi connectivity index (χ3n) is 5.06.